The Kier molecular flexibility index (Phi) is 3.40. The van der Waals surface area contributed by atoms with Crippen LogP contribution < -0.4 is 4.90 Å². The predicted molar refractivity (Wildman–Crippen MR) is 69.6 cm³/mol. The number of nitriles is 1. The number of nitrogens with one attached hydrogen (secondary N) is 1. The van der Waals surface area contributed by atoms with Crippen LogP contribution in [0.25, 0.3) is 11.7 Å². The second-order valence-corrected chi connectivity index (χ2v) is 4.43. The van der Waals surface area contributed by atoms with Crippen molar-refractivity contribution < 1.29 is 9.69 Å². The molecule has 0 atom stereocenters. The van der Waals surface area contributed by atoms with E-state index in [0.29, 0.717) is 22.5 Å². The molecule has 0 aromatic carbocycles. The standard InChI is InChI=1S/C13H13N5O/c1-9(19)11-8-15-13-10(6-14)7-16-18(13)12(11)4-5-17(2)3/h4-5,7-8H,1-3H3/p+1/b5-4+. The number of carbonyl (C=O) groups excluding carboxylic acids is 1. The minimum absolute atomic E-state index is 0.0863. The van der Waals surface area contributed by atoms with Crippen LogP contribution in [0.3, 0.4) is 0 Å². The summed E-state index contributed by atoms with van der Waals surface area (Å²) in [6.07, 6.45) is 6.65. The number of Topliss-reactive ketones (excluding diaryl/α,β-unsaturated/α-hetero) is 1. The molecule has 0 aliphatic carbocycles. The zero-order valence-corrected chi connectivity index (χ0v) is 11.0. The van der Waals surface area contributed by atoms with Gasteiger partial charge in [0.1, 0.15) is 11.6 Å². The van der Waals surface area contributed by atoms with Crippen molar-refractivity contribution >= 4 is 17.5 Å². The number of carbonyl (C=O) groups is 1. The second-order valence-electron chi connectivity index (χ2n) is 4.43. The van der Waals surface area contributed by atoms with E-state index < -0.39 is 0 Å². The van der Waals surface area contributed by atoms with E-state index in [1.165, 1.54) is 23.8 Å². The van der Waals surface area contributed by atoms with E-state index >= 15 is 0 Å². The van der Waals surface area contributed by atoms with Crippen molar-refractivity contribution in [1.82, 2.24) is 14.6 Å². The molecule has 0 aliphatic heterocycles. The number of ketones is 1. The van der Waals surface area contributed by atoms with Crippen molar-refractivity contribution in [2.45, 2.75) is 6.92 Å². The average molecular weight is 256 g/mol. The summed E-state index contributed by atoms with van der Waals surface area (Å²) in [6, 6.07) is 2.03. The molecule has 0 aliphatic rings. The van der Waals surface area contributed by atoms with Crippen LogP contribution in [-0.4, -0.2) is 34.5 Å². The van der Waals surface area contributed by atoms with Crippen LogP contribution in [-0.2, 0) is 0 Å². The fourth-order valence-corrected chi connectivity index (χ4v) is 1.70. The minimum atomic E-state index is -0.0863. The summed E-state index contributed by atoms with van der Waals surface area (Å²) >= 11 is 0. The topological polar surface area (TPSA) is 75.5 Å². The molecule has 19 heavy (non-hydrogen) atoms. The molecule has 96 valence electrons. The molecule has 0 saturated carbocycles. The molecule has 2 rings (SSSR count). The maximum atomic E-state index is 11.6. The fourth-order valence-electron chi connectivity index (χ4n) is 1.70. The Balaban J connectivity index is 2.74. The third-order valence-corrected chi connectivity index (χ3v) is 2.64. The third kappa shape index (κ3) is 2.37. The quantitative estimate of drug-likeness (QED) is 0.779. The van der Waals surface area contributed by atoms with Gasteiger partial charge in [0.2, 0.25) is 0 Å². The SMILES string of the molecule is CC(=O)c1cnc2c(C#N)cnn2c1/C=C/[NH+](C)C. The van der Waals surface area contributed by atoms with Gasteiger partial charge in [0.25, 0.3) is 0 Å². The van der Waals surface area contributed by atoms with Gasteiger partial charge in [-0.2, -0.15) is 10.4 Å². The van der Waals surface area contributed by atoms with Gasteiger partial charge in [0.15, 0.2) is 11.4 Å². The Morgan fingerprint density at radius 2 is 2.21 bits per heavy atom. The normalized spacial score (nSPS) is 11.3. The molecule has 0 spiro atoms. The molecule has 6 heteroatoms. The lowest BCUT2D eigenvalue weighted by molar-refractivity contribution is -0.800. The van der Waals surface area contributed by atoms with E-state index in [-0.39, 0.29) is 5.78 Å². The summed E-state index contributed by atoms with van der Waals surface area (Å²) in [5, 5.41) is 13.1. The fraction of sp³-hybridized carbons (Fsp3) is 0.231. The van der Waals surface area contributed by atoms with E-state index in [9.17, 15) is 4.79 Å². The van der Waals surface area contributed by atoms with Crippen molar-refractivity contribution in [2.75, 3.05) is 14.1 Å². The van der Waals surface area contributed by atoms with Gasteiger partial charge in [-0.25, -0.2) is 9.50 Å². The molecule has 0 unspecified atom stereocenters. The highest BCUT2D eigenvalue weighted by Gasteiger charge is 2.14. The maximum Gasteiger partial charge on any atom is 0.173 e. The molecule has 0 radical (unpaired) electrons. The number of hydrogen-bond acceptors (Lipinski definition) is 4. The number of rotatable bonds is 3. The molecule has 6 nitrogen and oxygen atoms in total. The number of fused-ring (bicyclic) bond motifs is 1. The summed E-state index contributed by atoms with van der Waals surface area (Å²) in [5.41, 5.74) is 1.97. The van der Waals surface area contributed by atoms with Gasteiger partial charge in [-0.15, -0.1) is 0 Å². The Bertz CT molecular complexity index is 706. The van der Waals surface area contributed by atoms with Gasteiger partial charge in [-0.3, -0.25) is 4.79 Å². The van der Waals surface area contributed by atoms with Crippen LogP contribution in [0.2, 0.25) is 0 Å². The summed E-state index contributed by atoms with van der Waals surface area (Å²) in [5.74, 6) is -0.0863. The highest BCUT2D eigenvalue weighted by atomic mass is 16.1. The Labute approximate surface area is 110 Å². The van der Waals surface area contributed by atoms with Crippen molar-refractivity contribution in [2.24, 2.45) is 0 Å². The van der Waals surface area contributed by atoms with Crippen LogP contribution in [0.1, 0.15) is 28.5 Å². The van der Waals surface area contributed by atoms with Gasteiger partial charge >= 0.3 is 0 Å². The lowest BCUT2D eigenvalue weighted by atomic mass is 10.1. The highest BCUT2D eigenvalue weighted by Crippen LogP contribution is 2.15. The maximum absolute atomic E-state index is 11.6. The van der Waals surface area contributed by atoms with E-state index in [1.807, 2.05) is 32.4 Å². The lowest BCUT2D eigenvalue weighted by Gasteiger charge is -2.05. The van der Waals surface area contributed by atoms with Gasteiger partial charge in [0, 0.05) is 12.3 Å². The van der Waals surface area contributed by atoms with Crippen molar-refractivity contribution in [1.29, 1.82) is 5.26 Å². The van der Waals surface area contributed by atoms with Crippen LogP contribution >= 0.6 is 0 Å². The molecule has 0 amide bonds. The number of aromatic nitrogens is 3. The second kappa shape index (κ2) is 5.00. The Hall–Kier alpha value is -2.52. The van der Waals surface area contributed by atoms with Crippen molar-refractivity contribution in [3.8, 4) is 6.07 Å². The summed E-state index contributed by atoms with van der Waals surface area (Å²) in [6.45, 7) is 1.48. The molecule has 1 N–H and O–H groups in total. The van der Waals surface area contributed by atoms with E-state index in [0.717, 1.165) is 4.90 Å². The Morgan fingerprint density at radius 1 is 1.47 bits per heavy atom. The molecule has 2 aromatic heterocycles. The molecule has 0 fully saturated rings. The van der Waals surface area contributed by atoms with E-state index in [1.54, 1.807) is 0 Å². The smallest absolute Gasteiger partial charge is 0.173 e. The van der Waals surface area contributed by atoms with Crippen LogP contribution in [0, 0.1) is 11.3 Å². The van der Waals surface area contributed by atoms with Crippen LogP contribution in [0.4, 0.5) is 0 Å². The molecule has 0 bridgehead atoms. The average Bonchev–Trinajstić information content (AvgIpc) is 2.78. The summed E-state index contributed by atoms with van der Waals surface area (Å²) < 4.78 is 1.52. The predicted octanol–water partition coefficient (Wildman–Crippen LogP) is -0.0812. The summed E-state index contributed by atoms with van der Waals surface area (Å²) in [7, 11) is 3.93. The zero-order chi connectivity index (χ0) is 14.0. The van der Waals surface area contributed by atoms with Crippen LogP contribution in [0.5, 0.6) is 0 Å². The lowest BCUT2D eigenvalue weighted by Crippen LogP contribution is -3.00. The first-order valence-corrected chi connectivity index (χ1v) is 5.80. The van der Waals surface area contributed by atoms with Crippen molar-refractivity contribution in [3.05, 3.63) is 35.4 Å². The first-order chi connectivity index (χ1) is 9.04. The number of quaternary nitrogens is 1. The highest BCUT2D eigenvalue weighted by molar-refractivity contribution is 5.97. The monoisotopic (exact) mass is 256 g/mol. The first kappa shape index (κ1) is 12.9. The zero-order valence-electron chi connectivity index (χ0n) is 11.0. The van der Waals surface area contributed by atoms with Gasteiger partial charge in [-0.1, -0.05) is 0 Å². The largest absolute Gasteiger partial charge is 0.313 e. The molecule has 2 heterocycles. The third-order valence-electron chi connectivity index (χ3n) is 2.64. The summed E-state index contributed by atoms with van der Waals surface area (Å²) in [4.78, 5) is 16.9. The Morgan fingerprint density at radius 3 is 2.79 bits per heavy atom. The van der Waals surface area contributed by atoms with Gasteiger partial charge < -0.3 is 4.90 Å². The first-order valence-electron chi connectivity index (χ1n) is 5.80. The van der Waals surface area contributed by atoms with Gasteiger partial charge in [-0.05, 0) is 6.92 Å². The number of nitrogens with zero attached hydrogens (tertiary/aromatic N) is 4. The molecular weight excluding hydrogens is 242 g/mol. The van der Waals surface area contributed by atoms with E-state index in [2.05, 4.69) is 10.1 Å². The van der Waals surface area contributed by atoms with E-state index in [4.69, 9.17) is 5.26 Å². The molecule has 0 saturated heterocycles. The molecule has 2 aromatic rings. The molecular formula is C13H14N5O+. The van der Waals surface area contributed by atoms with Crippen LogP contribution in [0.15, 0.2) is 18.6 Å². The van der Waals surface area contributed by atoms with Gasteiger partial charge in [0.05, 0.1) is 37.7 Å². The van der Waals surface area contributed by atoms with Crippen molar-refractivity contribution in [3.63, 3.8) is 0 Å². The minimum Gasteiger partial charge on any atom is -0.313 e. The number of hydrogen-bond donors (Lipinski definition) is 1.